The first-order valence-corrected chi connectivity index (χ1v) is 10.0. The molecule has 0 aliphatic rings. The van der Waals surface area contributed by atoms with Gasteiger partial charge in [-0.15, -0.1) is 0 Å². The van der Waals surface area contributed by atoms with Crippen LogP contribution in [-0.4, -0.2) is 37.7 Å². The summed E-state index contributed by atoms with van der Waals surface area (Å²) >= 11 is 0. The molecule has 7 nitrogen and oxygen atoms in total. The van der Waals surface area contributed by atoms with Gasteiger partial charge >= 0.3 is 0 Å². The van der Waals surface area contributed by atoms with Gasteiger partial charge in [-0.05, 0) is 36.2 Å². The number of benzene rings is 2. The summed E-state index contributed by atoms with van der Waals surface area (Å²) in [6.45, 7) is 4.03. The summed E-state index contributed by atoms with van der Waals surface area (Å²) in [5.74, 6) is 0.469. The lowest BCUT2D eigenvalue weighted by atomic mass is 10.0. The van der Waals surface area contributed by atoms with Gasteiger partial charge in [0, 0.05) is 25.2 Å². The van der Waals surface area contributed by atoms with E-state index in [1.807, 2.05) is 0 Å². The van der Waals surface area contributed by atoms with E-state index in [4.69, 9.17) is 9.47 Å². The Bertz CT molecular complexity index is 851. The van der Waals surface area contributed by atoms with Crippen molar-refractivity contribution in [1.29, 1.82) is 0 Å². The number of phenols is 1. The first-order valence-electron chi connectivity index (χ1n) is 10.0. The molecule has 0 fully saturated rings. The Morgan fingerprint density at radius 2 is 1.70 bits per heavy atom. The summed E-state index contributed by atoms with van der Waals surface area (Å²) in [4.78, 5) is 27.3. The lowest BCUT2D eigenvalue weighted by molar-refractivity contribution is -0.126. The Morgan fingerprint density at radius 3 is 2.27 bits per heavy atom. The van der Waals surface area contributed by atoms with Gasteiger partial charge in [-0.1, -0.05) is 31.9 Å². The number of nitrogens with one attached hydrogen (secondary N) is 1. The summed E-state index contributed by atoms with van der Waals surface area (Å²) in [6, 6.07) is 10.4. The Morgan fingerprint density at radius 1 is 1.03 bits per heavy atom. The minimum Gasteiger partial charge on any atom is -0.508 e. The van der Waals surface area contributed by atoms with Gasteiger partial charge in [-0.3, -0.25) is 14.5 Å². The van der Waals surface area contributed by atoms with Gasteiger partial charge in [0.15, 0.2) is 11.5 Å². The van der Waals surface area contributed by atoms with Crippen molar-refractivity contribution in [3.05, 3.63) is 48.0 Å². The summed E-state index contributed by atoms with van der Waals surface area (Å²) in [7, 11) is 3.04. The van der Waals surface area contributed by atoms with Crippen LogP contribution in [0.25, 0.3) is 0 Å². The van der Waals surface area contributed by atoms with E-state index in [0.717, 1.165) is 19.3 Å². The van der Waals surface area contributed by atoms with Gasteiger partial charge in [0.2, 0.25) is 11.8 Å². The molecule has 2 rings (SSSR count). The minimum atomic E-state index is -0.900. The number of carbonyl (C=O) groups is 2. The van der Waals surface area contributed by atoms with Crippen molar-refractivity contribution in [2.45, 2.75) is 39.2 Å². The molecule has 0 spiro atoms. The quantitative estimate of drug-likeness (QED) is 0.577. The zero-order valence-electron chi connectivity index (χ0n) is 18.0. The van der Waals surface area contributed by atoms with Crippen molar-refractivity contribution >= 4 is 17.5 Å². The molecule has 1 atom stereocenters. The maximum Gasteiger partial charge on any atom is 0.247 e. The topological polar surface area (TPSA) is 88.1 Å². The lowest BCUT2D eigenvalue weighted by Gasteiger charge is -2.31. The standard InChI is InChI=1S/C23H30N2O5/c1-5-6-7-14-24-23(28)22(17-8-11-19(27)12-9-17)25(16(2)26)18-10-13-20(29-3)21(15-18)30-4/h8-13,15,22,27H,5-7,14H2,1-4H3,(H,24,28). The van der Waals surface area contributed by atoms with Crippen molar-refractivity contribution in [3.63, 3.8) is 0 Å². The lowest BCUT2D eigenvalue weighted by Crippen LogP contribution is -2.43. The molecular weight excluding hydrogens is 384 g/mol. The number of ether oxygens (including phenoxy) is 2. The number of carbonyl (C=O) groups excluding carboxylic acids is 2. The SMILES string of the molecule is CCCCCNC(=O)C(c1ccc(O)cc1)N(C(C)=O)c1ccc(OC)c(OC)c1. The average Bonchev–Trinajstić information content (AvgIpc) is 2.75. The second-order valence-corrected chi connectivity index (χ2v) is 6.92. The van der Waals surface area contributed by atoms with E-state index in [1.165, 1.54) is 38.2 Å². The molecule has 2 aromatic rings. The highest BCUT2D eigenvalue weighted by Gasteiger charge is 2.31. The monoisotopic (exact) mass is 414 g/mol. The van der Waals surface area contributed by atoms with Crippen molar-refractivity contribution < 1.29 is 24.2 Å². The molecule has 0 radical (unpaired) electrons. The fourth-order valence-electron chi connectivity index (χ4n) is 3.25. The molecule has 162 valence electrons. The van der Waals surface area contributed by atoms with E-state index >= 15 is 0 Å². The predicted molar refractivity (Wildman–Crippen MR) is 116 cm³/mol. The second kappa shape index (κ2) is 11.1. The van der Waals surface area contributed by atoms with Crippen molar-refractivity contribution in [1.82, 2.24) is 5.32 Å². The van der Waals surface area contributed by atoms with E-state index in [0.29, 0.717) is 29.3 Å². The van der Waals surface area contributed by atoms with Gasteiger partial charge in [0.05, 0.1) is 14.2 Å². The summed E-state index contributed by atoms with van der Waals surface area (Å²) in [5, 5.41) is 12.6. The van der Waals surface area contributed by atoms with E-state index in [-0.39, 0.29) is 17.6 Å². The molecule has 0 saturated carbocycles. The number of aromatic hydroxyl groups is 1. The van der Waals surface area contributed by atoms with Crippen LogP contribution >= 0.6 is 0 Å². The van der Waals surface area contributed by atoms with E-state index in [1.54, 1.807) is 30.3 Å². The van der Waals surface area contributed by atoms with Gasteiger partial charge in [0.25, 0.3) is 0 Å². The number of amides is 2. The molecule has 2 aromatic carbocycles. The van der Waals surface area contributed by atoms with Gasteiger partial charge in [0.1, 0.15) is 11.8 Å². The number of hydrogen-bond donors (Lipinski definition) is 2. The van der Waals surface area contributed by atoms with E-state index in [2.05, 4.69) is 12.2 Å². The molecular formula is C23H30N2O5. The number of phenolic OH excluding ortho intramolecular Hbond substituents is 1. The highest BCUT2D eigenvalue weighted by Crippen LogP contribution is 2.35. The number of rotatable bonds is 10. The molecule has 30 heavy (non-hydrogen) atoms. The van der Waals surface area contributed by atoms with Crippen molar-refractivity contribution in [2.75, 3.05) is 25.7 Å². The molecule has 2 amide bonds. The first-order chi connectivity index (χ1) is 14.4. The van der Waals surface area contributed by atoms with Crippen LogP contribution in [0.15, 0.2) is 42.5 Å². The Labute approximate surface area is 177 Å². The van der Waals surface area contributed by atoms with Gasteiger partial charge in [-0.2, -0.15) is 0 Å². The molecule has 0 aliphatic carbocycles. The molecule has 0 heterocycles. The largest absolute Gasteiger partial charge is 0.508 e. The maximum atomic E-state index is 13.2. The third-order valence-corrected chi connectivity index (χ3v) is 4.78. The van der Waals surface area contributed by atoms with Crippen LogP contribution in [0.4, 0.5) is 5.69 Å². The van der Waals surface area contributed by atoms with Crippen LogP contribution < -0.4 is 19.7 Å². The van der Waals surface area contributed by atoms with Crippen LogP contribution in [-0.2, 0) is 9.59 Å². The van der Waals surface area contributed by atoms with Crippen LogP contribution in [0.1, 0.15) is 44.7 Å². The molecule has 0 aromatic heterocycles. The van der Waals surface area contributed by atoms with E-state index < -0.39 is 6.04 Å². The van der Waals surface area contributed by atoms with Crippen LogP contribution in [0.5, 0.6) is 17.2 Å². The normalized spacial score (nSPS) is 11.5. The molecule has 0 saturated heterocycles. The van der Waals surface area contributed by atoms with Gasteiger partial charge in [-0.25, -0.2) is 0 Å². The minimum absolute atomic E-state index is 0.0846. The van der Waals surface area contributed by atoms with Crippen LogP contribution in [0.3, 0.4) is 0 Å². The number of nitrogens with zero attached hydrogens (tertiary/aromatic N) is 1. The maximum absolute atomic E-state index is 13.2. The van der Waals surface area contributed by atoms with Crippen molar-refractivity contribution in [3.8, 4) is 17.2 Å². The molecule has 0 aliphatic heterocycles. The predicted octanol–water partition coefficient (Wildman–Crippen LogP) is 3.81. The highest BCUT2D eigenvalue weighted by molar-refractivity contribution is 6.00. The Balaban J connectivity index is 2.47. The van der Waals surface area contributed by atoms with Gasteiger partial charge < -0.3 is 19.9 Å². The molecule has 1 unspecified atom stereocenters. The highest BCUT2D eigenvalue weighted by atomic mass is 16.5. The number of methoxy groups -OCH3 is 2. The molecule has 0 bridgehead atoms. The molecule has 7 heteroatoms. The average molecular weight is 415 g/mol. The Kier molecular flexibility index (Phi) is 8.53. The zero-order chi connectivity index (χ0) is 22.1. The number of hydrogen-bond acceptors (Lipinski definition) is 5. The van der Waals surface area contributed by atoms with Crippen LogP contribution in [0.2, 0.25) is 0 Å². The summed E-state index contributed by atoms with van der Waals surface area (Å²) in [6.07, 6.45) is 2.92. The summed E-state index contributed by atoms with van der Waals surface area (Å²) in [5.41, 5.74) is 1.09. The fourth-order valence-corrected chi connectivity index (χ4v) is 3.25. The first kappa shape index (κ1) is 23.1. The smallest absolute Gasteiger partial charge is 0.247 e. The third-order valence-electron chi connectivity index (χ3n) is 4.78. The van der Waals surface area contributed by atoms with Crippen LogP contribution in [0, 0.1) is 0 Å². The number of anilines is 1. The Hall–Kier alpha value is -3.22. The molecule has 2 N–H and O–H groups in total. The zero-order valence-corrected chi connectivity index (χ0v) is 18.0. The van der Waals surface area contributed by atoms with E-state index in [9.17, 15) is 14.7 Å². The number of unbranched alkanes of at least 4 members (excludes halogenated alkanes) is 2. The summed E-state index contributed by atoms with van der Waals surface area (Å²) < 4.78 is 10.6. The fraction of sp³-hybridized carbons (Fsp3) is 0.391. The van der Waals surface area contributed by atoms with Crippen molar-refractivity contribution in [2.24, 2.45) is 0 Å². The third kappa shape index (κ3) is 5.65. The second-order valence-electron chi connectivity index (χ2n) is 6.92.